The minimum atomic E-state index is -1.61. The molecule has 0 aromatic carbocycles. The van der Waals surface area contributed by atoms with Gasteiger partial charge in [0.05, 0.1) is 0 Å². The molecule has 0 fully saturated rings. The molecule has 7 heteroatoms. The van der Waals surface area contributed by atoms with E-state index in [0.29, 0.717) is 0 Å². The molecule has 9 heavy (non-hydrogen) atoms. The predicted molar refractivity (Wildman–Crippen MR) is 33.4 cm³/mol. The van der Waals surface area contributed by atoms with E-state index in [4.69, 9.17) is 17.5 Å². The zero-order chi connectivity index (χ0) is 7.15. The van der Waals surface area contributed by atoms with Crippen molar-refractivity contribution in [1.82, 2.24) is 0 Å². The molecule has 0 saturated carbocycles. The van der Waals surface area contributed by atoms with Crippen LogP contribution in [0.2, 0.25) is 0 Å². The van der Waals surface area contributed by atoms with Crippen molar-refractivity contribution >= 4 is 22.2 Å². The van der Waals surface area contributed by atoms with Gasteiger partial charge in [-0.1, -0.05) is 0 Å². The van der Waals surface area contributed by atoms with Crippen molar-refractivity contribution in [2.45, 2.75) is 0 Å². The molecule has 54 valence electrons. The van der Waals surface area contributed by atoms with Crippen molar-refractivity contribution < 1.29 is 37.0 Å². The van der Waals surface area contributed by atoms with Crippen LogP contribution in [0.25, 0.3) is 0 Å². The van der Waals surface area contributed by atoms with E-state index in [-0.39, 0.29) is 19.5 Å². The molecule has 2 N–H and O–H groups in total. The average molecular weight is 226 g/mol. The molecule has 0 aromatic rings. The summed E-state index contributed by atoms with van der Waals surface area (Å²) in [6, 6.07) is 0. The van der Waals surface area contributed by atoms with Crippen LogP contribution in [0.5, 0.6) is 0 Å². The fourth-order valence-electron chi connectivity index (χ4n) is 0. The minimum absolute atomic E-state index is 0. The summed E-state index contributed by atoms with van der Waals surface area (Å²) in [6.07, 6.45) is 2.39. The second-order valence-corrected chi connectivity index (χ2v) is 2.54. The maximum Gasteiger partial charge on any atom is 0.149 e. The van der Waals surface area contributed by atoms with Gasteiger partial charge in [0.25, 0.3) is 0 Å². The molecule has 0 aliphatic heterocycles. The molecule has 0 heterocycles. The van der Waals surface area contributed by atoms with Crippen LogP contribution in [0.15, 0.2) is 0 Å². The standard InChI is InChI=1S/2CH4O2S.Zn/c2*1-4(2)3;/h2*1H3,(H,2,3);. The van der Waals surface area contributed by atoms with E-state index in [0.717, 1.165) is 0 Å². The van der Waals surface area contributed by atoms with E-state index in [1.165, 1.54) is 12.5 Å². The van der Waals surface area contributed by atoms with Crippen LogP contribution >= 0.6 is 0 Å². The molecular formula is C2H8O4S2Zn. The first kappa shape index (κ1) is 16.4. The Bertz CT molecular complexity index is 74.6. The van der Waals surface area contributed by atoms with Crippen molar-refractivity contribution in [1.29, 1.82) is 0 Å². The van der Waals surface area contributed by atoms with Gasteiger partial charge in [0.15, 0.2) is 0 Å². The van der Waals surface area contributed by atoms with E-state index >= 15 is 0 Å². The molecule has 0 aromatic heterocycles. The average Bonchev–Trinajstić information content (AvgIpc) is 1.25. The Labute approximate surface area is 71.7 Å². The topological polar surface area (TPSA) is 74.6 Å². The minimum Gasteiger partial charge on any atom is -0.306 e. The Morgan fingerprint density at radius 2 is 1.00 bits per heavy atom. The van der Waals surface area contributed by atoms with Gasteiger partial charge in [0, 0.05) is 32.0 Å². The van der Waals surface area contributed by atoms with Gasteiger partial charge < -0.3 is 9.11 Å². The van der Waals surface area contributed by atoms with Crippen molar-refractivity contribution in [3.05, 3.63) is 0 Å². The van der Waals surface area contributed by atoms with Crippen LogP contribution in [0, 0.1) is 0 Å². The Morgan fingerprint density at radius 1 is 1.00 bits per heavy atom. The summed E-state index contributed by atoms with van der Waals surface area (Å²) in [5, 5.41) is 0. The molecule has 0 rings (SSSR count). The van der Waals surface area contributed by atoms with Crippen molar-refractivity contribution in [2.24, 2.45) is 0 Å². The SMILES string of the molecule is CS(=O)O.CS(=O)O.[Zn]. The molecular weight excluding hydrogens is 218 g/mol. The number of rotatable bonds is 0. The van der Waals surface area contributed by atoms with E-state index in [2.05, 4.69) is 0 Å². The Hall–Kier alpha value is 0.843. The molecule has 0 saturated heterocycles. The molecule has 2 atom stereocenters. The normalized spacial score (nSPS) is 13.8. The van der Waals surface area contributed by atoms with Crippen molar-refractivity contribution in [3.8, 4) is 0 Å². The smallest absolute Gasteiger partial charge is 0.149 e. The zero-order valence-electron chi connectivity index (χ0n) is 5.23. The summed E-state index contributed by atoms with van der Waals surface area (Å²) in [4.78, 5) is 0. The van der Waals surface area contributed by atoms with Crippen LogP contribution in [0.1, 0.15) is 0 Å². The maximum absolute atomic E-state index is 9.11. The molecule has 0 radical (unpaired) electrons. The van der Waals surface area contributed by atoms with E-state index in [1.54, 1.807) is 0 Å². The van der Waals surface area contributed by atoms with Crippen LogP contribution in [0.4, 0.5) is 0 Å². The molecule has 0 amide bonds. The third-order valence-electron chi connectivity index (χ3n) is 0. The Balaban J connectivity index is -0.0000000720. The summed E-state index contributed by atoms with van der Waals surface area (Å²) in [5.74, 6) is 0. The van der Waals surface area contributed by atoms with Crippen LogP contribution in [-0.4, -0.2) is 30.0 Å². The molecule has 4 nitrogen and oxygen atoms in total. The quantitative estimate of drug-likeness (QED) is 0.438. The van der Waals surface area contributed by atoms with E-state index in [9.17, 15) is 0 Å². The van der Waals surface area contributed by atoms with Crippen molar-refractivity contribution in [2.75, 3.05) is 12.5 Å². The van der Waals surface area contributed by atoms with Gasteiger partial charge in [-0.2, -0.15) is 0 Å². The fraction of sp³-hybridized carbons (Fsp3) is 1.00. The van der Waals surface area contributed by atoms with E-state index in [1.807, 2.05) is 0 Å². The van der Waals surface area contributed by atoms with Gasteiger partial charge in [-0.05, 0) is 0 Å². The number of hydrogen-bond donors (Lipinski definition) is 2. The zero-order valence-corrected chi connectivity index (χ0v) is 9.83. The first-order valence-electron chi connectivity index (χ1n) is 1.51. The number of hydrogen-bond acceptors (Lipinski definition) is 2. The van der Waals surface area contributed by atoms with Gasteiger partial charge in [0.2, 0.25) is 0 Å². The Morgan fingerprint density at radius 3 is 1.00 bits per heavy atom. The summed E-state index contributed by atoms with van der Waals surface area (Å²) in [5.41, 5.74) is 0. The molecule has 0 aliphatic rings. The maximum atomic E-state index is 9.11. The first-order chi connectivity index (χ1) is 3.46. The van der Waals surface area contributed by atoms with Crippen LogP contribution < -0.4 is 0 Å². The summed E-state index contributed by atoms with van der Waals surface area (Å²) in [6.45, 7) is 0. The van der Waals surface area contributed by atoms with Gasteiger partial charge in [-0.3, -0.25) is 0 Å². The van der Waals surface area contributed by atoms with Crippen molar-refractivity contribution in [3.63, 3.8) is 0 Å². The van der Waals surface area contributed by atoms with Gasteiger partial charge in [0.1, 0.15) is 22.2 Å². The second-order valence-electron chi connectivity index (χ2n) is 0.848. The summed E-state index contributed by atoms with van der Waals surface area (Å²) >= 11 is -3.22. The monoisotopic (exact) mass is 224 g/mol. The van der Waals surface area contributed by atoms with Gasteiger partial charge >= 0.3 is 0 Å². The van der Waals surface area contributed by atoms with Gasteiger partial charge in [-0.25, -0.2) is 8.42 Å². The molecule has 0 aliphatic carbocycles. The second kappa shape index (κ2) is 11.6. The molecule has 0 bridgehead atoms. The van der Waals surface area contributed by atoms with E-state index < -0.39 is 22.2 Å². The summed E-state index contributed by atoms with van der Waals surface area (Å²) in [7, 11) is 0. The van der Waals surface area contributed by atoms with Gasteiger partial charge in [-0.15, -0.1) is 0 Å². The fourth-order valence-corrected chi connectivity index (χ4v) is 0. The largest absolute Gasteiger partial charge is 0.306 e. The molecule has 2 unspecified atom stereocenters. The van der Waals surface area contributed by atoms with Crippen LogP contribution in [-0.2, 0) is 41.6 Å². The predicted octanol–water partition coefficient (Wildman–Crippen LogP) is -0.327. The summed E-state index contributed by atoms with van der Waals surface area (Å²) < 4.78 is 33.3. The first-order valence-corrected chi connectivity index (χ1v) is 4.54. The molecule has 0 spiro atoms. The third-order valence-corrected chi connectivity index (χ3v) is 0. The third kappa shape index (κ3) is 582. The van der Waals surface area contributed by atoms with Crippen LogP contribution in [0.3, 0.4) is 0 Å². The Kier molecular flexibility index (Phi) is 21.2.